The van der Waals surface area contributed by atoms with Gasteiger partial charge in [-0.3, -0.25) is 14.6 Å². The van der Waals surface area contributed by atoms with Crippen LogP contribution in [0.25, 0.3) is 5.69 Å². The summed E-state index contributed by atoms with van der Waals surface area (Å²) < 4.78 is 31.9. The minimum Gasteiger partial charge on any atom is -0.507 e. The number of nitrogens with two attached hydrogens (primary N) is 1. The van der Waals surface area contributed by atoms with Gasteiger partial charge in [0, 0.05) is 0 Å². The smallest absolute Gasteiger partial charge is 0.349 e. The average Bonchev–Trinajstić information content (AvgIpc) is 2.65. The van der Waals surface area contributed by atoms with E-state index in [9.17, 15) is 28.3 Å². The number of ether oxygens (including phenoxy) is 1. The summed E-state index contributed by atoms with van der Waals surface area (Å²) in [5.41, 5.74) is 1.26. The molecule has 0 radical (unpaired) electrons. The van der Waals surface area contributed by atoms with Crippen LogP contribution in [0, 0.1) is 0 Å². The summed E-state index contributed by atoms with van der Waals surface area (Å²) in [5, 5.41) is 12.7. The highest BCUT2D eigenvalue weighted by Crippen LogP contribution is 2.38. The number of amides is 1. The van der Waals surface area contributed by atoms with Crippen LogP contribution in [0.15, 0.2) is 39.9 Å². The maximum Gasteiger partial charge on any atom is 0.349 e. The normalized spacial score (nSPS) is 11.0. The van der Waals surface area contributed by atoms with Crippen molar-refractivity contribution in [3.05, 3.63) is 72.5 Å². The van der Waals surface area contributed by atoms with Crippen LogP contribution in [0.2, 0.25) is 10.0 Å². The van der Waals surface area contributed by atoms with Crippen molar-refractivity contribution in [3.63, 3.8) is 0 Å². The number of aromatic nitrogens is 3. The predicted molar refractivity (Wildman–Crippen MR) is 102 cm³/mol. The molecule has 4 N–H and O–H groups in total. The average molecular weight is 459 g/mol. The van der Waals surface area contributed by atoms with E-state index in [0.717, 1.165) is 18.2 Å². The third-order valence-corrected chi connectivity index (χ3v) is 4.30. The number of aromatic amines is 1. The van der Waals surface area contributed by atoms with E-state index in [2.05, 4.69) is 5.10 Å². The molecule has 3 rings (SSSR count). The maximum atomic E-state index is 12.9. The van der Waals surface area contributed by atoms with Crippen molar-refractivity contribution in [1.82, 2.24) is 14.8 Å². The highest BCUT2D eigenvalue weighted by atomic mass is 35.5. The van der Waals surface area contributed by atoms with Gasteiger partial charge in [-0.25, -0.2) is 13.6 Å². The molecule has 0 fully saturated rings. The number of benzene rings is 2. The van der Waals surface area contributed by atoms with Crippen LogP contribution in [0.5, 0.6) is 17.2 Å². The minimum atomic E-state index is -3.22. The number of rotatable bonds is 5. The number of nitrogens with zero attached hydrogens (tertiary/aromatic N) is 2. The fourth-order valence-electron chi connectivity index (χ4n) is 2.39. The zero-order valence-electron chi connectivity index (χ0n) is 14.5. The monoisotopic (exact) mass is 458 g/mol. The number of halogens is 4. The van der Waals surface area contributed by atoms with Gasteiger partial charge in [0.05, 0.1) is 21.3 Å². The lowest BCUT2D eigenvalue weighted by Gasteiger charge is -2.13. The molecule has 0 saturated heterocycles. The lowest BCUT2D eigenvalue weighted by Crippen LogP contribution is -2.34. The van der Waals surface area contributed by atoms with Crippen LogP contribution in [-0.2, 0) is 0 Å². The van der Waals surface area contributed by atoms with Crippen LogP contribution in [0.1, 0.15) is 22.5 Å². The van der Waals surface area contributed by atoms with Gasteiger partial charge in [0.1, 0.15) is 11.5 Å². The van der Waals surface area contributed by atoms with Gasteiger partial charge in [-0.05, 0) is 30.3 Å². The number of hydrogen-bond donors (Lipinski definition) is 3. The Bertz CT molecular complexity index is 1250. The SMILES string of the molecule is NC(=O)c1cc(Oc2c(Cl)cc(-n3nc(C(F)F)c(=O)[nH]c3=O)cc2Cl)ccc1O. The third-order valence-electron chi connectivity index (χ3n) is 3.74. The molecule has 3 aromatic rings. The van der Waals surface area contributed by atoms with Crippen molar-refractivity contribution in [2.45, 2.75) is 6.43 Å². The summed E-state index contributed by atoms with van der Waals surface area (Å²) in [4.78, 5) is 36.4. The largest absolute Gasteiger partial charge is 0.507 e. The minimum absolute atomic E-state index is 0.0532. The molecule has 30 heavy (non-hydrogen) atoms. The van der Waals surface area contributed by atoms with Crippen molar-refractivity contribution < 1.29 is 23.4 Å². The zero-order chi connectivity index (χ0) is 22.2. The molecule has 9 nitrogen and oxygen atoms in total. The second kappa shape index (κ2) is 8.13. The van der Waals surface area contributed by atoms with E-state index in [1.165, 1.54) is 12.1 Å². The van der Waals surface area contributed by atoms with Crippen molar-refractivity contribution in [2.24, 2.45) is 5.73 Å². The number of aromatic hydroxyl groups is 1. The first-order valence-electron chi connectivity index (χ1n) is 7.90. The summed E-state index contributed by atoms with van der Waals surface area (Å²) in [6.07, 6.45) is -3.22. The Labute approximate surface area is 175 Å². The Kier molecular flexibility index (Phi) is 5.76. The quantitative estimate of drug-likeness (QED) is 0.536. The van der Waals surface area contributed by atoms with Gasteiger partial charge in [0.15, 0.2) is 11.4 Å². The molecule has 0 saturated carbocycles. The number of primary amides is 1. The van der Waals surface area contributed by atoms with Gasteiger partial charge < -0.3 is 15.6 Å². The van der Waals surface area contributed by atoms with Crippen LogP contribution in [0.3, 0.4) is 0 Å². The third kappa shape index (κ3) is 4.11. The summed E-state index contributed by atoms with van der Waals surface area (Å²) in [6, 6.07) is 5.91. The molecule has 0 spiro atoms. The Morgan fingerprint density at radius 2 is 1.83 bits per heavy atom. The molecule has 0 aliphatic rings. The number of carbonyl (C=O) groups excluding carboxylic acids is 1. The highest BCUT2D eigenvalue weighted by molar-refractivity contribution is 6.37. The van der Waals surface area contributed by atoms with Gasteiger partial charge in [0.2, 0.25) is 0 Å². The predicted octanol–water partition coefficient (Wildman–Crippen LogP) is 2.76. The first-order valence-corrected chi connectivity index (χ1v) is 8.66. The molecule has 156 valence electrons. The highest BCUT2D eigenvalue weighted by Gasteiger charge is 2.19. The second-order valence-corrected chi connectivity index (χ2v) is 6.56. The van der Waals surface area contributed by atoms with Crippen molar-refractivity contribution in [2.75, 3.05) is 0 Å². The lowest BCUT2D eigenvalue weighted by atomic mass is 10.2. The second-order valence-electron chi connectivity index (χ2n) is 5.74. The molecule has 1 amide bonds. The molecule has 2 aromatic carbocycles. The van der Waals surface area contributed by atoms with Crippen LogP contribution >= 0.6 is 23.2 Å². The Balaban J connectivity index is 2.05. The summed E-state index contributed by atoms with van der Waals surface area (Å²) >= 11 is 12.3. The maximum absolute atomic E-state index is 12.9. The first-order chi connectivity index (χ1) is 14.1. The van der Waals surface area contributed by atoms with Gasteiger partial charge in [-0.15, -0.1) is 0 Å². The van der Waals surface area contributed by atoms with Gasteiger partial charge >= 0.3 is 5.69 Å². The zero-order valence-corrected chi connectivity index (χ0v) is 16.0. The number of hydrogen-bond acceptors (Lipinski definition) is 6. The van der Waals surface area contributed by atoms with Crippen molar-refractivity contribution in [3.8, 4) is 22.9 Å². The molecular weight excluding hydrogens is 449 g/mol. The molecule has 0 aliphatic heterocycles. The summed E-state index contributed by atoms with van der Waals surface area (Å²) in [7, 11) is 0. The Morgan fingerprint density at radius 1 is 1.20 bits per heavy atom. The van der Waals surface area contributed by atoms with E-state index in [1.54, 1.807) is 4.98 Å². The van der Waals surface area contributed by atoms with Crippen LogP contribution in [0.4, 0.5) is 8.78 Å². The van der Waals surface area contributed by atoms with Crippen LogP contribution < -0.4 is 21.7 Å². The van der Waals surface area contributed by atoms with Crippen LogP contribution in [-0.4, -0.2) is 25.8 Å². The summed E-state index contributed by atoms with van der Waals surface area (Å²) in [5.74, 6) is -1.31. The molecule has 0 atom stereocenters. The standard InChI is InChI=1S/C17H10Cl2F2N4O5/c18-9-3-6(25-17(29)23-16(28)12(24-25)14(20)21)4-10(19)13(9)30-7-1-2-11(26)8(5-7)15(22)27/h1-5,14,26H,(H2,22,27)(H,23,28,29). The van der Waals surface area contributed by atoms with E-state index in [-0.39, 0.29) is 38.5 Å². The van der Waals surface area contributed by atoms with E-state index in [0.29, 0.717) is 4.68 Å². The Hall–Kier alpha value is -3.44. The van der Waals surface area contributed by atoms with E-state index < -0.39 is 29.3 Å². The number of nitrogens with one attached hydrogen (secondary N) is 1. The van der Waals surface area contributed by atoms with Crippen molar-refractivity contribution in [1.29, 1.82) is 0 Å². The Morgan fingerprint density at radius 3 is 2.40 bits per heavy atom. The number of H-pyrrole nitrogens is 1. The molecule has 1 aromatic heterocycles. The van der Waals surface area contributed by atoms with E-state index in [4.69, 9.17) is 33.7 Å². The van der Waals surface area contributed by atoms with Gasteiger partial charge in [-0.2, -0.15) is 9.78 Å². The fraction of sp³-hybridized carbons (Fsp3) is 0.0588. The molecule has 1 heterocycles. The fourth-order valence-corrected chi connectivity index (χ4v) is 2.94. The molecule has 13 heteroatoms. The molecule has 0 aliphatic carbocycles. The lowest BCUT2D eigenvalue weighted by molar-refractivity contribution is 0.0997. The van der Waals surface area contributed by atoms with Gasteiger partial charge in [-0.1, -0.05) is 23.2 Å². The molecule has 0 bridgehead atoms. The number of carbonyl (C=O) groups is 1. The van der Waals surface area contributed by atoms with E-state index in [1.807, 2.05) is 0 Å². The number of alkyl halides is 2. The first kappa shape index (κ1) is 21.3. The van der Waals surface area contributed by atoms with Crippen molar-refractivity contribution >= 4 is 29.1 Å². The summed E-state index contributed by atoms with van der Waals surface area (Å²) in [6.45, 7) is 0. The molecule has 0 unspecified atom stereocenters. The molecular formula is C17H10Cl2F2N4O5. The van der Waals surface area contributed by atoms with Gasteiger partial charge in [0.25, 0.3) is 17.9 Å². The van der Waals surface area contributed by atoms with E-state index >= 15 is 0 Å². The number of phenols is 1. The topological polar surface area (TPSA) is 140 Å².